The molecule has 0 aromatic carbocycles. The third kappa shape index (κ3) is 4.90. The van der Waals surface area contributed by atoms with Crippen LogP contribution < -0.4 is 16.6 Å². The van der Waals surface area contributed by atoms with Crippen molar-refractivity contribution in [3.05, 3.63) is 0 Å². The highest BCUT2D eigenvalue weighted by molar-refractivity contribution is 6.34. The van der Waals surface area contributed by atoms with E-state index in [9.17, 15) is 14.4 Å². The summed E-state index contributed by atoms with van der Waals surface area (Å²) in [6.45, 7) is 10.4. The van der Waals surface area contributed by atoms with E-state index in [0.717, 1.165) is 0 Å². The molecule has 2 amide bonds. The fourth-order valence-corrected chi connectivity index (χ4v) is 3.50. The number of hydrazine groups is 1. The highest BCUT2D eigenvalue weighted by atomic mass is 16.5. The van der Waals surface area contributed by atoms with Crippen molar-refractivity contribution in [3.63, 3.8) is 0 Å². The first kappa shape index (κ1) is 19.4. The van der Waals surface area contributed by atoms with E-state index in [1.807, 2.05) is 33.1 Å². The molecule has 1 rings (SSSR count). The smallest absolute Gasteiger partial charge is 0.323 e. The van der Waals surface area contributed by atoms with Crippen LogP contribution in [0.1, 0.15) is 47.5 Å². The normalized spacial score (nSPS) is 20.6. The highest BCUT2D eigenvalue weighted by Crippen LogP contribution is 2.38. The van der Waals surface area contributed by atoms with Gasteiger partial charge in [-0.25, -0.2) is 5.84 Å². The number of nitrogens with one attached hydrogen (secondary N) is 2. The molecule has 23 heavy (non-hydrogen) atoms. The van der Waals surface area contributed by atoms with Crippen LogP contribution in [0.5, 0.6) is 0 Å². The second-order valence-electron chi connectivity index (χ2n) is 7.07. The SMILES string of the molecule is CCOC(=O)CN1C(C)(C)CC(NC(=O)C(=O)NN)CC1(C)C. The van der Waals surface area contributed by atoms with E-state index in [0.29, 0.717) is 19.4 Å². The van der Waals surface area contributed by atoms with E-state index in [-0.39, 0.29) is 29.6 Å². The molecule has 8 nitrogen and oxygen atoms in total. The summed E-state index contributed by atoms with van der Waals surface area (Å²) in [5.41, 5.74) is 1.14. The molecule has 132 valence electrons. The topological polar surface area (TPSA) is 114 Å². The van der Waals surface area contributed by atoms with Gasteiger partial charge in [-0.1, -0.05) is 0 Å². The number of esters is 1. The van der Waals surface area contributed by atoms with Crippen molar-refractivity contribution < 1.29 is 19.1 Å². The second kappa shape index (κ2) is 7.27. The lowest BCUT2D eigenvalue weighted by Gasteiger charge is -2.54. The largest absolute Gasteiger partial charge is 0.465 e. The Morgan fingerprint density at radius 1 is 1.13 bits per heavy atom. The zero-order valence-corrected chi connectivity index (χ0v) is 14.6. The fourth-order valence-electron chi connectivity index (χ4n) is 3.50. The van der Waals surface area contributed by atoms with Crippen molar-refractivity contribution in [3.8, 4) is 0 Å². The van der Waals surface area contributed by atoms with Crippen LogP contribution in [0.2, 0.25) is 0 Å². The fraction of sp³-hybridized carbons (Fsp3) is 0.800. The quantitative estimate of drug-likeness (QED) is 0.214. The molecule has 1 fully saturated rings. The molecule has 0 spiro atoms. The van der Waals surface area contributed by atoms with E-state index in [1.54, 1.807) is 6.92 Å². The number of ether oxygens (including phenoxy) is 1. The number of carbonyl (C=O) groups is 3. The van der Waals surface area contributed by atoms with E-state index >= 15 is 0 Å². The summed E-state index contributed by atoms with van der Waals surface area (Å²) in [5, 5.41) is 2.71. The number of piperidine rings is 1. The Balaban J connectivity index is 2.84. The highest BCUT2D eigenvalue weighted by Gasteiger charge is 2.46. The molecule has 0 aromatic rings. The number of likely N-dealkylation sites (tertiary alicyclic amines) is 1. The molecule has 0 atom stereocenters. The van der Waals surface area contributed by atoms with Crippen molar-refractivity contribution >= 4 is 17.8 Å². The molecule has 1 aliphatic rings. The Bertz CT molecular complexity index is 458. The van der Waals surface area contributed by atoms with E-state index in [2.05, 4.69) is 10.2 Å². The van der Waals surface area contributed by atoms with Gasteiger partial charge in [-0.3, -0.25) is 24.7 Å². The maximum atomic E-state index is 11.9. The predicted octanol–water partition coefficient (Wildman–Crippen LogP) is -0.323. The molecule has 0 aliphatic carbocycles. The molecule has 1 aliphatic heterocycles. The molecule has 1 heterocycles. The lowest BCUT2D eigenvalue weighted by molar-refractivity contribution is -0.151. The van der Waals surface area contributed by atoms with Gasteiger partial charge in [0.25, 0.3) is 0 Å². The molecule has 1 saturated heterocycles. The average Bonchev–Trinajstić information content (AvgIpc) is 2.41. The van der Waals surface area contributed by atoms with Crippen LogP contribution in [0.25, 0.3) is 0 Å². The van der Waals surface area contributed by atoms with Crippen LogP contribution in [-0.4, -0.2) is 53.0 Å². The Kier molecular flexibility index (Phi) is 6.12. The van der Waals surface area contributed by atoms with Crippen LogP contribution in [0, 0.1) is 0 Å². The number of carbonyl (C=O) groups excluding carboxylic acids is 3. The number of nitrogens with zero attached hydrogens (tertiary/aromatic N) is 1. The van der Waals surface area contributed by atoms with Gasteiger partial charge in [0.15, 0.2) is 0 Å². The van der Waals surface area contributed by atoms with Crippen molar-refractivity contribution in [1.29, 1.82) is 0 Å². The summed E-state index contributed by atoms with van der Waals surface area (Å²) in [7, 11) is 0. The van der Waals surface area contributed by atoms with Crippen molar-refractivity contribution in [1.82, 2.24) is 15.6 Å². The van der Waals surface area contributed by atoms with E-state index < -0.39 is 11.8 Å². The standard InChI is InChI=1S/C15H28N4O4/c1-6-23-11(20)9-19-14(2,3)7-10(8-15(19,4)5)17-12(21)13(22)18-16/h10H,6-9,16H2,1-5H3,(H,17,21)(H,18,22). The van der Waals surface area contributed by atoms with Gasteiger partial charge < -0.3 is 10.1 Å². The molecule has 0 aromatic heterocycles. The van der Waals surface area contributed by atoms with E-state index in [4.69, 9.17) is 10.6 Å². The van der Waals surface area contributed by atoms with Crippen molar-refractivity contribution in [2.24, 2.45) is 5.84 Å². The minimum absolute atomic E-state index is 0.178. The maximum absolute atomic E-state index is 11.9. The number of hydrogen-bond donors (Lipinski definition) is 3. The minimum atomic E-state index is -0.866. The Hall–Kier alpha value is -1.67. The van der Waals surface area contributed by atoms with Gasteiger partial charge in [0.2, 0.25) is 0 Å². The summed E-state index contributed by atoms with van der Waals surface area (Å²) in [4.78, 5) is 36.9. The predicted molar refractivity (Wildman–Crippen MR) is 85.0 cm³/mol. The molecule has 0 radical (unpaired) electrons. The molecule has 0 saturated carbocycles. The molecule has 4 N–H and O–H groups in total. The van der Waals surface area contributed by atoms with Gasteiger partial charge in [-0.05, 0) is 47.5 Å². The number of nitrogens with two attached hydrogens (primary N) is 1. The van der Waals surface area contributed by atoms with E-state index in [1.165, 1.54) is 0 Å². The molecule has 0 bridgehead atoms. The summed E-state index contributed by atoms with van der Waals surface area (Å²) in [5.74, 6) is 3.09. The third-order valence-electron chi connectivity index (χ3n) is 4.22. The zero-order chi connectivity index (χ0) is 17.8. The first-order valence-electron chi connectivity index (χ1n) is 7.78. The van der Waals surface area contributed by atoms with Gasteiger partial charge in [-0.2, -0.15) is 0 Å². The molecular formula is C15H28N4O4. The lowest BCUT2D eigenvalue weighted by Crippen LogP contribution is -2.65. The Labute approximate surface area is 137 Å². The minimum Gasteiger partial charge on any atom is -0.465 e. The second-order valence-corrected chi connectivity index (χ2v) is 7.07. The first-order valence-corrected chi connectivity index (χ1v) is 7.78. The van der Waals surface area contributed by atoms with Gasteiger partial charge in [-0.15, -0.1) is 0 Å². The number of hydrogen-bond acceptors (Lipinski definition) is 6. The summed E-state index contributed by atoms with van der Waals surface area (Å²) in [6, 6.07) is -0.178. The van der Waals surface area contributed by atoms with Crippen molar-refractivity contribution in [2.75, 3.05) is 13.2 Å². The van der Waals surface area contributed by atoms with Crippen LogP contribution in [0.15, 0.2) is 0 Å². The Morgan fingerprint density at radius 3 is 2.09 bits per heavy atom. The third-order valence-corrected chi connectivity index (χ3v) is 4.22. The lowest BCUT2D eigenvalue weighted by atomic mass is 9.77. The summed E-state index contributed by atoms with van der Waals surface area (Å²) >= 11 is 0. The van der Waals surface area contributed by atoms with Gasteiger partial charge >= 0.3 is 17.8 Å². The Morgan fingerprint density at radius 2 is 1.65 bits per heavy atom. The van der Waals surface area contributed by atoms with Crippen molar-refractivity contribution in [2.45, 2.75) is 64.6 Å². The monoisotopic (exact) mass is 328 g/mol. The maximum Gasteiger partial charge on any atom is 0.323 e. The van der Waals surface area contributed by atoms with Gasteiger partial charge in [0, 0.05) is 17.1 Å². The van der Waals surface area contributed by atoms with Gasteiger partial charge in [0.05, 0.1) is 13.2 Å². The molecular weight excluding hydrogens is 300 g/mol. The summed E-state index contributed by atoms with van der Waals surface area (Å²) < 4.78 is 5.05. The number of rotatable bonds is 4. The van der Waals surface area contributed by atoms with Crippen LogP contribution in [-0.2, 0) is 19.1 Å². The molecule has 0 unspecified atom stereocenters. The van der Waals surface area contributed by atoms with Crippen LogP contribution in [0.3, 0.4) is 0 Å². The van der Waals surface area contributed by atoms with Crippen LogP contribution >= 0.6 is 0 Å². The first-order chi connectivity index (χ1) is 10.5. The zero-order valence-electron chi connectivity index (χ0n) is 14.6. The average molecular weight is 328 g/mol. The van der Waals surface area contributed by atoms with Gasteiger partial charge in [0.1, 0.15) is 0 Å². The number of amides is 2. The summed E-state index contributed by atoms with van der Waals surface area (Å²) in [6.07, 6.45) is 1.22. The van der Waals surface area contributed by atoms with Crippen LogP contribution in [0.4, 0.5) is 0 Å². The molecule has 8 heteroatoms.